The van der Waals surface area contributed by atoms with Crippen molar-refractivity contribution in [1.29, 1.82) is 0 Å². The Hall–Kier alpha value is -7.36. The molecule has 10 aromatic carbocycles. The molecule has 0 N–H and O–H groups in total. The molecule has 0 spiro atoms. The zero-order chi connectivity index (χ0) is 37.7. The molecular formula is C54H36BNO. The largest absolute Gasteiger partial charge is 0.456 e. The first-order chi connectivity index (χ1) is 28.3. The van der Waals surface area contributed by atoms with Crippen LogP contribution in [0.3, 0.4) is 0 Å². The number of ether oxygens (including phenoxy) is 1. The Morgan fingerprint density at radius 3 is 1.49 bits per heavy atom. The lowest BCUT2D eigenvalue weighted by Gasteiger charge is -2.28. The molecule has 1 heterocycles. The standard InChI is InChI=1S/C54H36BNO/c1-5-16-38(17-6-1)55(39-18-7-2-8-19-39)40-30-28-37(29-31-40)48-35-50-47-26-15-27-52-54(47)51(36-49(50)45-25-14-13-24-44(45)48)46-33-32-43(34-53(46)57-52)56(41-20-9-3-10-21-41)42-22-11-4-12-23-42/h1-36H. The zero-order valence-electron chi connectivity index (χ0n) is 31.2. The Kier molecular flexibility index (Phi) is 7.96. The lowest BCUT2D eigenvalue weighted by Crippen LogP contribution is -2.51. The smallest absolute Gasteiger partial charge is 0.241 e. The summed E-state index contributed by atoms with van der Waals surface area (Å²) in [7, 11) is 0. The van der Waals surface area contributed by atoms with Gasteiger partial charge >= 0.3 is 0 Å². The van der Waals surface area contributed by atoms with Gasteiger partial charge in [-0.2, -0.15) is 0 Å². The fraction of sp³-hybridized carbons (Fsp3) is 0. The lowest BCUT2D eigenvalue weighted by molar-refractivity contribution is 0.487. The minimum atomic E-state index is 0.153. The number of nitrogens with zero attached hydrogens (tertiary/aromatic N) is 1. The van der Waals surface area contributed by atoms with Gasteiger partial charge in [-0.25, -0.2) is 0 Å². The van der Waals surface area contributed by atoms with Gasteiger partial charge in [-0.3, -0.25) is 0 Å². The van der Waals surface area contributed by atoms with Crippen LogP contribution in [-0.4, -0.2) is 6.71 Å². The molecule has 1 aliphatic rings. The van der Waals surface area contributed by atoms with Crippen LogP contribution >= 0.6 is 0 Å². The van der Waals surface area contributed by atoms with Gasteiger partial charge in [0, 0.05) is 34.1 Å². The molecule has 3 heteroatoms. The highest BCUT2D eigenvalue weighted by Gasteiger charge is 2.25. The van der Waals surface area contributed by atoms with Gasteiger partial charge in [0.1, 0.15) is 11.5 Å². The second-order valence-electron chi connectivity index (χ2n) is 14.8. The van der Waals surface area contributed by atoms with Crippen LogP contribution in [0.2, 0.25) is 0 Å². The third-order valence-corrected chi connectivity index (χ3v) is 11.5. The van der Waals surface area contributed by atoms with Gasteiger partial charge in [0.2, 0.25) is 6.71 Å². The monoisotopic (exact) mass is 725 g/mol. The molecule has 0 unspecified atom stereocenters. The highest BCUT2D eigenvalue weighted by atomic mass is 16.5. The van der Waals surface area contributed by atoms with Crippen molar-refractivity contribution >= 4 is 72.5 Å². The Morgan fingerprint density at radius 1 is 0.316 bits per heavy atom. The van der Waals surface area contributed by atoms with E-state index in [2.05, 4.69) is 223 Å². The van der Waals surface area contributed by atoms with Crippen LogP contribution in [0.1, 0.15) is 0 Å². The summed E-state index contributed by atoms with van der Waals surface area (Å²) in [5.41, 5.74) is 11.8. The number of anilines is 3. The van der Waals surface area contributed by atoms with Gasteiger partial charge < -0.3 is 9.64 Å². The number of benzene rings is 10. The summed E-state index contributed by atoms with van der Waals surface area (Å²) < 4.78 is 6.85. The van der Waals surface area contributed by atoms with Crippen LogP contribution in [-0.2, 0) is 0 Å². The molecule has 0 aliphatic carbocycles. The number of fused-ring (bicyclic) bond motifs is 6. The van der Waals surface area contributed by atoms with Crippen molar-refractivity contribution in [3.63, 3.8) is 0 Å². The SMILES string of the molecule is c1ccc(B(c2ccccc2)c2ccc(-c3cc4c5cccc6c5c(cc4c4ccccc34)-c3ccc(N(c4ccccc4)c4ccccc4)cc3O6)cc2)cc1. The molecule has 0 fully saturated rings. The molecule has 0 amide bonds. The predicted octanol–water partition coefficient (Wildman–Crippen LogP) is 12.6. The summed E-state index contributed by atoms with van der Waals surface area (Å²) in [6.45, 7) is 0.153. The molecular weight excluding hydrogens is 689 g/mol. The van der Waals surface area contributed by atoms with Crippen molar-refractivity contribution in [2.45, 2.75) is 0 Å². The van der Waals surface area contributed by atoms with Crippen molar-refractivity contribution in [3.8, 4) is 33.8 Å². The van der Waals surface area contributed by atoms with E-state index in [1.54, 1.807) is 0 Å². The van der Waals surface area contributed by atoms with Crippen LogP contribution in [0.25, 0.3) is 54.6 Å². The normalized spacial score (nSPS) is 11.6. The van der Waals surface area contributed by atoms with E-state index in [4.69, 9.17) is 4.74 Å². The van der Waals surface area contributed by atoms with E-state index >= 15 is 0 Å². The third-order valence-electron chi connectivity index (χ3n) is 11.5. The molecule has 0 atom stereocenters. The van der Waals surface area contributed by atoms with Crippen LogP contribution < -0.4 is 26.0 Å². The molecule has 0 saturated carbocycles. The fourth-order valence-electron chi connectivity index (χ4n) is 8.96. The molecule has 0 bridgehead atoms. The van der Waals surface area contributed by atoms with Crippen molar-refractivity contribution in [2.75, 3.05) is 4.90 Å². The molecule has 10 aromatic rings. The van der Waals surface area contributed by atoms with E-state index < -0.39 is 0 Å². The number of hydrogen-bond donors (Lipinski definition) is 0. The number of para-hydroxylation sites is 2. The summed E-state index contributed by atoms with van der Waals surface area (Å²) >= 11 is 0. The molecule has 0 radical (unpaired) electrons. The summed E-state index contributed by atoms with van der Waals surface area (Å²) in [6.07, 6.45) is 0. The topological polar surface area (TPSA) is 12.5 Å². The average Bonchev–Trinajstić information content (AvgIpc) is 3.28. The van der Waals surface area contributed by atoms with E-state index in [1.807, 2.05) is 0 Å². The Labute approximate surface area is 333 Å². The lowest BCUT2D eigenvalue weighted by atomic mass is 9.37. The van der Waals surface area contributed by atoms with Gasteiger partial charge in [-0.15, -0.1) is 0 Å². The maximum absolute atomic E-state index is 6.85. The summed E-state index contributed by atoms with van der Waals surface area (Å²) in [5, 5.41) is 7.30. The van der Waals surface area contributed by atoms with Crippen molar-refractivity contribution in [1.82, 2.24) is 0 Å². The molecule has 2 nitrogen and oxygen atoms in total. The highest BCUT2D eigenvalue weighted by molar-refractivity contribution is 6.95. The van der Waals surface area contributed by atoms with Gasteiger partial charge in [0.25, 0.3) is 0 Å². The van der Waals surface area contributed by atoms with E-state index in [-0.39, 0.29) is 6.71 Å². The quantitative estimate of drug-likeness (QED) is 0.120. The van der Waals surface area contributed by atoms with E-state index in [0.29, 0.717) is 0 Å². The van der Waals surface area contributed by atoms with Crippen molar-refractivity contribution in [2.24, 2.45) is 0 Å². The van der Waals surface area contributed by atoms with Crippen LogP contribution in [0.15, 0.2) is 218 Å². The minimum absolute atomic E-state index is 0.153. The maximum atomic E-state index is 6.85. The Balaban J connectivity index is 1.05. The minimum Gasteiger partial charge on any atom is -0.456 e. The summed E-state index contributed by atoms with van der Waals surface area (Å²) in [5.74, 6) is 1.74. The fourth-order valence-corrected chi connectivity index (χ4v) is 8.96. The van der Waals surface area contributed by atoms with E-state index in [9.17, 15) is 0 Å². The molecule has 57 heavy (non-hydrogen) atoms. The summed E-state index contributed by atoms with van der Waals surface area (Å²) in [6, 6.07) is 78.7. The third kappa shape index (κ3) is 5.67. The number of rotatable bonds is 7. The van der Waals surface area contributed by atoms with Gasteiger partial charge in [0.05, 0.1) is 0 Å². The second kappa shape index (κ2) is 13.7. The van der Waals surface area contributed by atoms with E-state index in [0.717, 1.165) is 39.5 Å². The van der Waals surface area contributed by atoms with Crippen molar-refractivity contribution < 1.29 is 4.74 Å². The zero-order valence-corrected chi connectivity index (χ0v) is 31.2. The van der Waals surface area contributed by atoms with Gasteiger partial charge in [0.15, 0.2) is 0 Å². The Morgan fingerprint density at radius 2 is 0.842 bits per heavy atom. The summed E-state index contributed by atoms with van der Waals surface area (Å²) in [4.78, 5) is 2.28. The molecule has 0 aromatic heterocycles. The highest BCUT2D eigenvalue weighted by Crippen LogP contribution is 2.51. The first kappa shape index (κ1) is 33.0. The maximum Gasteiger partial charge on any atom is 0.241 e. The first-order valence-electron chi connectivity index (χ1n) is 19.6. The number of hydrogen-bond acceptors (Lipinski definition) is 2. The molecule has 0 saturated heterocycles. The van der Waals surface area contributed by atoms with E-state index in [1.165, 1.54) is 60.0 Å². The van der Waals surface area contributed by atoms with Crippen LogP contribution in [0.5, 0.6) is 11.5 Å². The van der Waals surface area contributed by atoms with Crippen LogP contribution in [0, 0.1) is 0 Å². The molecule has 11 rings (SSSR count). The second-order valence-corrected chi connectivity index (χ2v) is 14.8. The Bertz CT molecular complexity index is 3000. The molecule has 266 valence electrons. The van der Waals surface area contributed by atoms with Crippen molar-refractivity contribution in [3.05, 3.63) is 218 Å². The van der Waals surface area contributed by atoms with Crippen LogP contribution in [0.4, 0.5) is 17.1 Å². The van der Waals surface area contributed by atoms with Gasteiger partial charge in [-0.05, 0) is 98.2 Å². The average molecular weight is 726 g/mol. The predicted molar refractivity (Wildman–Crippen MR) is 242 cm³/mol. The van der Waals surface area contributed by atoms with Gasteiger partial charge in [-0.1, -0.05) is 174 Å². The molecule has 1 aliphatic heterocycles. The first-order valence-corrected chi connectivity index (χ1v) is 19.6.